The molecule has 1 heterocycles. The third kappa shape index (κ3) is 4.78. The summed E-state index contributed by atoms with van der Waals surface area (Å²) < 4.78 is 5.43. The molecule has 0 saturated carbocycles. The van der Waals surface area contributed by atoms with Crippen LogP contribution in [0.15, 0.2) is 66.7 Å². The molecule has 188 valence electrons. The van der Waals surface area contributed by atoms with Gasteiger partial charge in [0.25, 0.3) is 17.3 Å². The first-order valence-electron chi connectivity index (χ1n) is 11.0. The van der Waals surface area contributed by atoms with Crippen molar-refractivity contribution >= 4 is 46.1 Å². The molecule has 10 nitrogen and oxygen atoms in total. The van der Waals surface area contributed by atoms with E-state index in [1.165, 1.54) is 47.4 Å². The van der Waals surface area contributed by atoms with Crippen molar-refractivity contribution in [1.29, 1.82) is 0 Å². The number of nitro benzene ring substituents is 2. The Bertz CT molecular complexity index is 1510. The maximum atomic E-state index is 13.6. The molecule has 0 saturated heterocycles. The van der Waals surface area contributed by atoms with E-state index in [9.17, 15) is 29.8 Å². The predicted molar refractivity (Wildman–Crippen MR) is 137 cm³/mol. The minimum Gasteiger partial charge on any atom is -0.423 e. The lowest BCUT2D eigenvalue weighted by Crippen LogP contribution is -2.49. The molecule has 0 aliphatic carbocycles. The van der Waals surface area contributed by atoms with Gasteiger partial charge in [-0.15, -0.1) is 0 Å². The number of amides is 1. The van der Waals surface area contributed by atoms with Gasteiger partial charge in [0, 0.05) is 23.3 Å². The summed E-state index contributed by atoms with van der Waals surface area (Å²) in [4.78, 5) is 49.1. The topological polar surface area (TPSA) is 133 Å². The summed E-state index contributed by atoms with van der Waals surface area (Å²) in [5.74, 6) is -1.25. The van der Waals surface area contributed by atoms with Gasteiger partial charge in [-0.25, -0.2) is 4.79 Å². The number of allylic oxidation sites excluding steroid dienone is 1. The van der Waals surface area contributed by atoms with Gasteiger partial charge in [0.1, 0.15) is 16.3 Å². The number of para-hydroxylation sites is 1. The van der Waals surface area contributed by atoms with Crippen molar-refractivity contribution < 1.29 is 24.2 Å². The van der Waals surface area contributed by atoms with Crippen LogP contribution in [0.25, 0.3) is 5.57 Å². The first-order valence-corrected chi connectivity index (χ1v) is 11.4. The molecule has 0 fully saturated rings. The van der Waals surface area contributed by atoms with Crippen molar-refractivity contribution in [1.82, 2.24) is 0 Å². The van der Waals surface area contributed by atoms with Crippen LogP contribution in [0.5, 0.6) is 5.75 Å². The number of hydrogen-bond acceptors (Lipinski definition) is 7. The molecule has 1 amide bonds. The Morgan fingerprint density at radius 2 is 1.62 bits per heavy atom. The zero-order chi connectivity index (χ0) is 27.1. The number of nitro groups is 2. The van der Waals surface area contributed by atoms with Crippen molar-refractivity contribution in [2.75, 3.05) is 4.90 Å². The Morgan fingerprint density at radius 3 is 2.30 bits per heavy atom. The second-order valence-corrected chi connectivity index (χ2v) is 9.29. The van der Waals surface area contributed by atoms with E-state index >= 15 is 0 Å². The third-order valence-corrected chi connectivity index (χ3v) is 6.22. The quantitative estimate of drug-likeness (QED) is 0.168. The Hall–Kier alpha value is -4.57. The molecule has 3 aromatic rings. The molecular formula is C26H20ClN3O7. The van der Waals surface area contributed by atoms with Gasteiger partial charge in [0.15, 0.2) is 0 Å². The number of fused-ring (bicyclic) bond motifs is 1. The van der Waals surface area contributed by atoms with E-state index in [2.05, 4.69) is 0 Å². The summed E-state index contributed by atoms with van der Waals surface area (Å²) in [6.45, 7) is 5.48. The zero-order valence-electron chi connectivity index (χ0n) is 19.9. The number of ether oxygens (including phenoxy) is 1. The Labute approximate surface area is 216 Å². The fourth-order valence-electron chi connectivity index (χ4n) is 4.33. The molecular weight excluding hydrogens is 502 g/mol. The molecule has 0 atom stereocenters. The van der Waals surface area contributed by atoms with Crippen LogP contribution in [0.4, 0.5) is 17.1 Å². The molecule has 37 heavy (non-hydrogen) atoms. The van der Waals surface area contributed by atoms with Crippen LogP contribution in [0, 0.1) is 20.2 Å². The van der Waals surface area contributed by atoms with Crippen molar-refractivity contribution in [3.05, 3.63) is 109 Å². The van der Waals surface area contributed by atoms with Crippen LogP contribution in [-0.4, -0.2) is 27.3 Å². The lowest BCUT2D eigenvalue weighted by molar-refractivity contribution is -0.385. The molecule has 0 bridgehead atoms. The highest BCUT2D eigenvalue weighted by atomic mass is 35.5. The summed E-state index contributed by atoms with van der Waals surface area (Å²) in [6.07, 6.45) is 1.85. The number of rotatable bonds is 5. The highest BCUT2D eigenvalue weighted by Gasteiger charge is 2.37. The van der Waals surface area contributed by atoms with Crippen molar-refractivity contribution in [2.45, 2.75) is 26.3 Å². The lowest BCUT2D eigenvalue weighted by atomic mass is 9.88. The van der Waals surface area contributed by atoms with Crippen LogP contribution >= 0.6 is 11.6 Å². The standard InChI is InChI=1S/C26H20ClN3O7/c1-15-14-26(2,3)28(24(31)16-8-10-20(27)23(12-16)30(35)36)21-11-9-17(13-19(15)21)37-25(32)18-6-4-5-7-22(18)29(33)34/h4-14H,1-3H3. The van der Waals surface area contributed by atoms with Gasteiger partial charge in [-0.05, 0) is 62.7 Å². The average molecular weight is 522 g/mol. The fourth-order valence-corrected chi connectivity index (χ4v) is 4.51. The van der Waals surface area contributed by atoms with Gasteiger partial charge in [-0.1, -0.05) is 29.8 Å². The summed E-state index contributed by atoms with van der Waals surface area (Å²) >= 11 is 5.91. The minimum absolute atomic E-state index is 0.0787. The predicted octanol–water partition coefficient (Wildman–Crippen LogP) is 6.22. The van der Waals surface area contributed by atoms with Crippen LogP contribution < -0.4 is 9.64 Å². The maximum absolute atomic E-state index is 13.6. The fraction of sp³-hybridized carbons (Fsp3) is 0.154. The smallest absolute Gasteiger partial charge is 0.350 e. The van der Waals surface area contributed by atoms with E-state index in [4.69, 9.17) is 16.3 Å². The summed E-state index contributed by atoms with van der Waals surface area (Å²) in [5.41, 5.74) is 0.209. The Balaban J connectivity index is 1.72. The largest absolute Gasteiger partial charge is 0.423 e. The summed E-state index contributed by atoms with van der Waals surface area (Å²) in [7, 11) is 0. The number of benzene rings is 3. The molecule has 1 aliphatic rings. The average Bonchev–Trinajstić information content (AvgIpc) is 2.83. The van der Waals surface area contributed by atoms with Gasteiger partial charge in [-0.2, -0.15) is 0 Å². The number of esters is 1. The van der Waals surface area contributed by atoms with E-state index in [0.717, 1.165) is 11.6 Å². The van der Waals surface area contributed by atoms with Crippen LogP contribution in [-0.2, 0) is 0 Å². The Kier molecular flexibility index (Phi) is 6.53. The maximum Gasteiger partial charge on any atom is 0.350 e. The summed E-state index contributed by atoms with van der Waals surface area (Å²) in [6, 6.07) is 13.9. The third-order valence-electron chi connectivity index (χ3n) is 5.90. The van der Waals surface area contributed by atoms with Gasteiger partial charge >= 0.3 is 5.97 Å². The van der Waals surface area contributed by atoms with E-state index in [1.807, 2.05) is 26.8 Å². The van der Waals surface area contributed by atoms with Gasteiger partial charge in [0.2, 0.25) is 0 Å². The number of hydrogen-bond donors (Lipinski definition) is 0. The number of halogens is 1. The van der Waals surface area contributed by atoms with Gasteiger partial charge < -0.3 is 4.74 Å². The van der Waals surface area contributed by atoms with E-state index < -0.39 is 27.3 Å². The molecule has 4 rings (SSSR count). The SMILES string of the molecule is CC1=CC(C)(C)N(C(=O)c2ccc(Cl)c([N+](=O)[O-])c2)c2ccc(OC(=O)c3ccccc3[N+](=O)[O-])cc21. The van der Waals surface area contributed by atoms with Gasteiger partial charge in [0.05, 0.1) is 21.1 Å². The van der Waals surface area contributed by atoms with Crippen LogP contribution in [0.2, 0.25) is 5.02 Å². The van der Waals surface area contributed by atoms with Crippen molar-refractivity contribution in [3.8, 4) is 5.75 Å². The highest BCUT2D eigenvalue weighted by molar-refractivity contribution is 6.32. The van der Waals surface area contributed by atoms with E-state index in [-0.39, 0.29) is 33.3 Å². The normalized spacial score (nSPS) is 13.8. The zero-order valence-corrected chi connectivity index (χ0v) is 20.7. The molecule has 11 heteroatoms. The second-order valence-electron chi connectivity index (χ2n) is 8.89. The molecule has 0 radical (unpaired) electrons. The van der Waals surface area contributed by atoms with Gasteiger partial charge in [-0.3, -0.25) is 29.9 Å². The summed E-state index contributed by atoms with van der Waals surface area (Å²) in [5, 5.41) is 22.5. The second kappa shape index (κ2) is 9.47. The number of carbonyl (C=O) groups is 2. The molecule has 0 aromatic heterocycles. The molecule has 0 N–H and O–H groups in total. The van der Waals surface area contributed by atoms with E-state index in [0.29, 0.717) is 11.3 Å². The monoisotopic (exact) mass is 521 g/mol. The first kappa shape index (κ1) is 25.5. The minimum atomic E-state index is -0.897. The highest BCUT2D eigenvalue weighted by Crippen LogP contribution is 2.42. The molecule has 1 aliphatic heterocycles. The van der Waals surface area contributed by atoms with Crippen LogP contribution in [0.1, 0.15) is 47.1 Å². The molecule has 0 spiro atoms. The lowest BCUT2D eigenvalue weighted by Gasteiger charge is -2.41. The number of anilines is 1. The molecule has 0 unspecified atom stereocenters. The van der Waals surface area contributed by atoms with Crippen molar-refractivity contribution in [2.24, 2.45) is 0 Å². The number of nitrogens with zero attached hydrogens (tertiary/aromatic N) is 3. The first-order chi connectivity index (χ1) is 17.4. The molecule has 3 aromatic carbocycles. The van der Waals surface area contributed by atoms with E-state index in [1.54, 1.807) is 12.1 Å². The number of carbonyl (C=O) groups excluding carboxylic acids is 2. The van der Waals surface area contributed by atoms with Crippen molar-refractivity contribution in [3.63, 3.8) is 0 Å². The Morgan fingerprint density at radius 1 is 0.946 bits per heavy atom. The van der Waals surface area contributed by atoms with Crippen LogP contribution in [0.3, 0.4) is 0 Å².